The van der Waals surface area contributed by atoms with Crippen LogP contribution < -0.4 is 16.4 Å². The molecular formula is C17H21N7O2. The molecule has 0 radical (unpaired) electrons. The Hall–Kier alpha value is -3.10. The monoisotopic (exact) mass is 355 g/mol. The predicted octanol–water partition coefficient (Wildman–Crippen LogP) is 1.38. The second-order valence-corrected chi connectivity index (χ2v) is 6.80. The van der Waals surface area contributed by atoms with E-state index in [-0.39, 0.29) is 17.6 Å². The minimum atomic E-state index is -1.07. The van der Waals surface area contributed by atoms with Crippen molar-refractivity contribution >= 4 is 34.5 Å². The zero-order valence-corrected chi connectivity index (χ0v) is 14.5. The number of anilines is 1. The van der Waals surface area contributed by atoms with Crippen LogP contribution in [-0.2, 0) is 7.05 Å². The van der Waals surface area contributed by atoms with Crippen LogP contribution in [0.2, 0.25) is 0 Å². The Bertz CT molecular complexity index is 953. The van der Waals surface area contributed by atoms with E-state index in [2.05, 4.69) is 15.1 Å². The van der Waals surface area contributed by atoms with Crippen LogP contribution in [0.1, 0.15) is 42.6 Å². The highest BCUT2D eigenvalue weighted by Crippen LogP contribution is 2.40. The zero-order valence-electron chi connectivity index (χ0n) is 14.5. The van der Waals surface area contributed by atoms with Gasteiger partial charge in [0.25, 0.3) is 0 Å². The summed E-state index contributed by atoms with van der Waals surface area (Å²) in [6.07, 6.45) is 4.83. The van der Waals surface area contributed by atoms with Gasteiger partial charge >= 0.3 is 5.97 Å². The molecule has 0 bridgehead atoms. The SMILES string of the molecule is Cn1nc(C(=O)O)c2cc(N3C(N)=NC(N)=NC34CCCCC4)ccc21. The standard InChI is InChI=1S/C17H21N7O2/c1-23-12-6-5-10(9-11(12)13(22-23)14(25)26)24-16(19)20-15(18)21-17(24)7-3-2-4-8-17/h5-6,9H,2-4,7-8H2,1H3,(H,25,26)(H4,18,19,20,21). The van der Waals surface area contributed by atoms with Gasteiger partial charge in [-0.2, -0.15) is 10.1 Å². The van der Waals surface area contributed by atoms with E-state index in [9.17, 15) is 9.90 Å². The fourth-order valence-corrected chi connectivity index (χ4v) is 4.05. The van der Waals surface area contributed by atoms with Gasteiger partial charge in [-0.15, -0.1) is 0 Å². The number of hydrogen-bond acceptors (Lipinski definition) is 7. The molecule has 1 aliphatic heterocycles. The predicted molar refractivity (Wildman–Crippen MR) is 99.2 cm³/mol. The van der Waals surface area contributed by atoms with E-state index in [0.717, 1.165) is 43.3 Å². The van der Waals surface area contributed by atoms with Crippen LogP contribution in [0.5, 0.6) is 0 Å². The maximum Gasteiger partial charge on any atom is 0.357 e. The number of benzene rings is 1. The molecule has 2 aliphatic rings. The molecule has 1 aliphatic carbocycles. The number of guanidine groups is 2. The number of rotatable bonds is 2. The van der Waals surface area contributed by atoms with Crippen LogP contribution in [0.25, 0.3) is 10.9 Å². The fourth-order valence-electron chi connectivity index (χ4n) is 4.05. The van der Waals surface area contributed by atoms with Gasteiger partial charge in [0.05, 0.1) is 5.52 Å². The summed E-state index contributed by atoms with van der Waals surface area (Å²) in [6, 6.07) is 5.53. The van der Waals surface area contributed by atoms with E-state index >= 15 is 0 Å². The highest BCUT2D eigenvalue weighted by molar-refractivity contribution is 6.08. The lowest BCUT2D eigenvalue weighted by molar-refractivity contribution is 0.0691. The van der Waals surface area contributed by atoms with Crippen molar-refractivity contribution in [3.63, 3.8) is 0 Å². The van der Waals surface area contributed by atoms with Gasteiger partial charge in [-0.3, -0.25) is 9.58 Å². The molecule has 5 N–H and O–H groups in total. The molecule has 1 fully saturated rings. The van der Waals surface area contributed by atoms with Crippen LogP contribution in [0.4, 0.5) is 5.69 Å². The Labute approximate surface area is 150 Å². The lowest BCUT2D eigenvalue weighted by Crippen LogP contribution is -2.58. The molecule has 4 rings (SSSR count). The van der Waals surface area contributed by atoms with E-state index in [1.165, 1.54) is 0 Å². The highest BCUT2D eigenvalue weighted by Gasteiger charge is 2.42. The molecule has 9 heteroatoms. The van der Waals surface area contributed by atoms with E-state index in [1.54, 1.807) is 17.8 Å². The third-order valence-corrected chi connectivity index (χ3v) is 5.15. The first kappa shape index (κ1) is 16.4. The fraction of sp³-hybridized carbons (Fsp3) is 0.412. The van der Waals surface area contributed by atoms with E-state index < -0.39 is 11.6 Å². The number of carboxylic acid groups (broad SMARTS) is 1. The summed E-state index contributed by atoms with van der Waals surface area (Å²) in [7, 11) is 1.72. The zero-order chi connectivity index (χ0) is 18.5. The Balaban J connectivity index is 1.88. The van der Waals surface area contributed by atoms with Crippen LogP contribution in [-0.4, -0.2) is 38.4 Å². The Kier molecular flexibility index (Phi) is 3.60. The van der Waals surface area contributed by atoms with E-state index in [1.807, 2.05) is 17.0 Å². The minimum Gasteiger partial charge on any atom is -0.476 e. The molecule has 1 saturated carbocycles. The van der Waals surface area contributed by atoms with Crippen molar-refractivity contribution in [3.8, 4) is 0 Å². The normalized spacial score (nSPS) is 19.5. The smallest absolute Gasteiger partial charge is 0.357 e. The van der Waals surface area contributed by atoms with Gasteiger partial charge in [-0.25, -0.2) is 9.79 Å². The average Bonchev–Trinajstić information content (AvgIpc) is 2.91. The van der Waals surface area contributed by atoms with Crippen molar-refractivity contribution in [1.29, 1.82) is 0 Å². The number of nitrogens with two attached hydrogens (primary N) is 2. The number of aryl methyl sites for hydroxylation is 1. The largest absolute Gasteiger partial charge is 0.476 e. The van der Waals surface area contributed by atoms with Crippen molar-refractivity contribution in [2.45, 2.75) is 37.8 Å². The maximum atomic E-state index is 11.5. The number of carbonyl (C=O) groups is 1. The van der Waals surface area contributed by atoms with Gasteiger partial charge in [0.15, 0.2) is 5.69 Å². The molecule has 26 heavy (non-hydrogen) atoms. The number of fused-ring (bicyclic) bond motifs is 1. The molecule has 0 atom stereocenters. The summed E-state index contributed by atoms with van der Waals surface area (Å²) < 4.78 is 1.56. The lowest BCUT2D eigenvalue weighted by atomic mass is 9.87. The molecule has 2 heterocycles. The maximum absolute atomic E-state index is 11.5. The van der Waals surface area contributed by atoms with Gasteiger partial charge in [0.1, 0.15) is 5.66 Å². The quantitative estimate of drug-likeness (QED) is 0.745. The summed E-state index contributed by atoms with van der Waals surface area (Å²) in [4.78, 5) is 22.2. The van der Waals surface area contributed by atoms with Crippen LogP contribution in [0, 0.1) is 0 Å². The van der Waals surface area contributed by atoms with Gasteiger partial charge in [0.2, 0.25) is 11.9 Å². The van der Waals surface area contributed by atoms with Gasteiger partial charge in [-0.05, 0) is 43.9 Å². The summed E-state index contributed by atoms with van der Waals surface area (Å²) in [5.74, 6) is -0.600. The van der Waals surface area contributed by atoms with Crippen molar-refractivity contribution in [2.24, 2.45) is 28.5 Å². The number of carboxylic acids is 1. The third kappa shape index (κ3) is 2.39. The first-order valence-corrected chi connectivity index (χ1v) is 8.61. The van der Waals surface area contributed by atoms with Crippen molar-refractivity contribution in [3.05, 3.63) is 23.9 Å². The molecule has 2 aromatic rings. The van der Waals surface area contributed by atoms with Crippen LogP contribution >= 0.6 is 0 Å². The average molecular weight is 355 g/mol. The summed E-state index contributed by atoms with van der Waals surface area (Å²) in [6.45, 7) is 0. The van der Waals surface area contributed by atoms with Gasteiger partial charge < -0.3 is 16.6 Å². The van der Waals surface area contributed by atoms with Crippen molar-refractivity contribution in [1.82, 2.24) is 9.78 Å². The Morgan fingerprint density at radius 1 is 1.23 bits per heavy atom. The lowest BCUT2D eigenvalue weighted by Gasteiger charge is -2.45. The first-order chi connectivity index (χ1) is 12.4. The van der Waals surface area contributed by atoms with E-state index in [0.29, 0.717) is 5.39 Å². The molecule has 0 amide bonds. The molecular weight excluding hydrogens is 334 g/mol. The molecule has 1 aromatic carbocycles. The first-order valence-electron chi connectivity index (χ1n) is 8.61. The summed E-state index contributed by atoms with van der Waals surface area (Å²) in [5, 5.41) is 14.1. The van der Waals surface area contributed by atoms with E-state index in [4.69, 9.17) is 11.5 Å². The van der Waals surface area contributed by atoms with Crippen LogP contribution in [0.15, 0.2) is 28.2 Å². The molecule has 1 spiro atoms. The molecule has 0 unspecified atom stereocenters. The third-order valence-electron chi connectivity index (χ3n) is 5.15. The van der Waals surface area contributed by atoms with Gasteiger partial charge in [-0.1, -0.05) is 6.42 Å². The Morgan fingerprint density at radius 2 is 1.96 bits per heavy atom. The number of aromatic nitrogens is 2. The molecule has 9 nitrogen and oxygen atoms in total. The number of aliphatic imine (C=N–C) groups is 2. The summed E-state index contributed by atoms with van der Waals surface area (Å²) >= 11 is 0. The number of aromatic carboxylic acids is 1. The topological polar surface area (TPSA) is 135 Å². The highest BCUT2D eigenvalue weighted by atomic mass is 16.4. The molecule has 0 saturated heterocycles. The van der Waals surface area contributed by atoms with Gasteiger partial charge in [0, 0.05) is 18.1 Å². The van der Waals surface area contributed by atoms with Crippen molar-refractivity contribution in [2.75, 3.05) is 4.90 Å². The molecule has 136 valence electrons. The number of nitrogens with zero attached hydrogens (tertiary/aromatic N) is 5. The second kappa shape index (κ2) is 5.72. The van der Waals surface area contributed by atoms with Crippen LogP contribution in [0.3, 0.4) is 0 Å². The number of hydrogen-bond donors (Lipinski definition) is 3. The molecule has 1 aromatic heterocycles. The van der Waals surface area contributed by atoms with Crippen molar-refractivity contribution < 1.29 is 9.90 Å². The Morgan fingerprint density at radius 3 is 2.65 bits per heavy atom. The summed E-state index contributed by atoms with van der Waals surface area (Å²) in [5.41, 5.74) is 13.1. The second-order valence-electron chi connectivity index (χ2n) is 6.80. The minimum absolute atomic E-state index is 0.0116.